The first kappa shape index (κ1) is 24.7. The van der Waals surface area contributed by atoms with E-state index in [0.717, 1.165) is 42.9 Å². The first-order valence-corrected chi connectivity index (χ1v) is 11.7. The number of methoxy groups -OCH3 is 1. The molecule has 8 heteroatoms. The summed E-state index contributed by atoms with van der Waals surface area (Å²) in [6.45, 7) is 1.53. The summed E-state index contributed by atoms with van der Waals surface area (Å²) in [5.41, 5.74) is 3.11. The maximum atomic E-state index is 12.8. The molecule has 4 rings (SSSR count). The van der Waals surface area contributed by atoms with Crippen molar-refractivity contribution in [1.29, 1.82) is 0 Å². The summed E-state index contributed by atoms with van der Waals surface area (Å²) in [4.78, 5) is 19.6. The van der Waals surface area contributed by atoms with Crippen LogP contribution in [0, 0.1) is 12.8 Å². The Kier molecular flexibility index (Phi) is 7.38. The zero-order valence-electron chi connectivity index (χ0n) is 19.7. The number of nitrogens with one attached hydrogen (secondary N) is 1. The number of rotatable bonds is 6. The molecule has 1 fully saturated rings. The Balaban J connectivity index is 1.36. The number of alkyl halides is 3. The van der Waals surface area contributed by atoms with Crippen LogP contribution in [0.5, 0.6) is 0 Å². The van der Waals surface area contributed by atoms with E-state index in [0.29, 0.717) is 29.8 Å². The summed E-state index contributed by atoms with van der Waals surface area (Å²) in [7, 11) is 1.44. The molecule has 0 aliphatic heterocycles. The number of ether oxygens (including phenoxy) is 1. The molecule has 0 spiro atoms. The van der Waals surface area contributed by atoms with E-state index in [-0.39, 0.29) is 11.7 Å². The predicted molar refractivity (Wildman–Crippen MR) is 128 cm³/mol. The minimum Gasteiger partial charge on any atom is -0.469 e. The molecular formula is C27H28F3N3O2. The summed E-state index contributed by atoms with van der Waals surface area (Å²) in [5.74, 6) is 1.32. The van der Waals surface area contributed by atoms with Crippen LogP contribution in [0.3, 0.4) is 0 Å². The minimum atomic E-state index is -4.47. The number of aryl methyl sites for hydroxylation is 1. The number of halogens is 3. The molecule has 0 radical (unpaired) electrons. The van der Waals surface area contributed by atoms with Crippen molar-refractivity contribution in [3.63, 3.8) is 0 Å². The van der Waals surface area contributed by atoms with Gasteiger partial charge in [-0.05, 0) is 79.8 Å². The van der Waals surface area contributed by atoms with Crippen molar-refractivity contribution in [3.8, 4) is 11.1 Å². The average molecular weight is 484 g/mol. The Morgan fingerprint density at radius 1 is 1.00 bits per heavy atom. The van der Waals surface area contributed by atoms with E-state index >= 15 is 0 Å². The van der Waals surface area contributed by atoms with Crippen molar-refractivity contribution in [2.75, 3.05) is 12.4 Å². The standard InChI is InChI=1S/C27H28F3N3O2/c1-17-23(12-13-24(32-17)27(28,29)30)33-25-14-11-22(16-31-25)21-9-7-20(8-10-21)19-5-3-18(4-6-19)15-26(34)35-2/h7-14,16,18-19H,3-6,15H2,1-2H3,(H,31,33). The highest BCUT2D eigenvalue weighted by Crippen LogP contribution is 2.38. The lowest BCUT2D eigenvalue weighted by Crippen LogP contribution is -2.17. The molecule has 1 aromatic carbocycles. The van der Waals surface area contributed by atoms with Gasteiger partial charge >= 0.3 is 12.1 Å². The van der Waals surface area contributed by atoms with Crippen LogP contribution in [-0.4, -0.2) is 23.0 Å². The molecule has 3 aromatic rings. The van der Waals surface area contributed by atoms with Gasteiger partial charge in [0.05, 0.1) is 18.5 Å². The molecule has 1 saturated carbocycles. The lowest BCUT2D eigenvalue weighted by atomic mass is 9.77. The van der Waals surface area contributed by atoms with Crippen molar-refractivity contribution in [1.82, 2.24) is 9.97 Å². The third-order valence-corrected chi connectivity index (χ3v) is 6.65. The number of nitrogens with zero attached hydrogens (tertiary/aromatic N) is 2. The van der Waals surface area contributed by atoms with Crippen LogP contribution in [0.15, 0.2) is 54.7 Å². The first-order valence-electron chi connectivity index (χ1n) is 11.7. The molecule has 1 aliphatic carbocycles. The first-order chi connectivity index (χ1) is 16.7. The molecule has 1 aliphatic rings. The molecule has 2 heterocycles. The lowest BCUT2D eigenvalue weighted by Gasteiger charge is -2.28. The molecule has 0 amide bonds. The SMILES string of the molecule is COC(=O)CC1CCC(c2ccc(-c3ccc(Nc4ccc(C(F)(F)F)nc4C)nc3)cc2)CC1. The number of esters is 1. The maximum Gasteiger partial charge on any atom is 0.433 e. The zero-order valence-corrected chi connectivity index (χ0v) is 19.7. The topological polar surface area (TPSA) is 64.1 Å². The van der Waals surface area contributed by atoms with Gasteiger partial charge in [0.25, 0.3) is 0 Å². The number of pyridine rings is 2. The Labute approximate surface area is 202 Å². The Bertz CT molecular complexity index is 1150. The number of hydrogen-bond acceptors (Lipinski definition) is 5. The van der Waals surface area contributed by atoms with Gasteiger partial charge in [0.2, 0.25) is 0 Å². The second-order valence-electron chi connectivity index (χ2n) is 9.00. The van der Waals surface area contributed by atoms with Crippen LogP contribution in [0.2, 0.25) is 0 Å². The van der Waals surface area contributed by atoms with Gasteiger partial charge < -0.3 is 10.1 Å². The number of anilines is 2. The summed E-state index contributed by atoms with van der Waals surface area (Å²) in [6, 6.07) is 14.5. The van der Waals surface area contributed by atoms with Crippen LogP contribution in [-0.2, 0) is 15.7 Å². The minimum absolute atomic E-state index is 0.126. The van der Waals surface area contributed by atoms with Crippen LogP contribution in [0.1, 0.15) is 55.0 Å². The van der Waals surface area contributed by atoms with Crippen molar-refractivity contribution < 1.29 is 22.7 Å². The number of carbonyl (C=O) groups excluding carboxylic acids is 1. The van der Waals surface area contributed by atoms with Crippen LogP contribution in [0.25, 0.3) is 11.1 Å². The lowest BCUT2D eigenvalue weighted by molar-refractivity contribution is -0.142. The van der Waals surface area contributed by atoms with E-state index in [1.165, 1.54) is 25.7 Å². The van der Waals surface area contributed by atoms with Gasteiger partial charge in [0.1, 0.15) is 11.5 Å². The van der Waals surface area contributed by atoms with Gasteiger partial charge in [-0.2, -0.15) is 13.2 Å². The number of carbonyl (C=O) groups is 1. The van der Waals surface area contributed by atoms with Gasteiger partial charge in [0, 0.05) is 18.2 Å². The molecule has 0 atom stereocenters. The summed E-state index contributed by atoms with van der Waals surface area (Å²) >= 11 is 0. The van der Waals surface area contributed by atoms with Crippen LogP contribution < -0.4 is 5.32 Å². The Morgan fingerprint density at radius 2 is 1.69 bits per heavy atom. The van der Waals surface area contributed by atoms with Crippen molar-refractivity contribution in [2.24, 2.45) is 5.92 Å². The van der Waals surface area contributed by atoms with Gasteiger partial charge in [-0.25, -0.2) is 9.97 Å². The quantitative estimate of drug-likeness (QED) is 0.381. The predicted octanol–water partition coefficient (Wildman–Crippen LogP) is 7.05. The third kappa shape index (κ3) is 6.18. The van der Waals surface area contributed by atoms with Gasteiger partial charge in [0.15, 0.2) is 0 Å². The fraction of sp³-hybridized carbons (Fsp3) is 0.370. The van der Waals surface area contributed by atoms with E-state index in [1.807, 2.05) is 6.07 Å². The van der Waals surface area contributed by atoms with Crippen molar-refractivity contribution in [2.45, 2.75) is 51.1 Å². The molecule has 0 saturated heterocycles. The molecule has 2 aromatic heterocycles. The van der Waals surface area contributed by atoms with E-state index < -0.39 is 11.9 Å². The fourth-order valence-electron chi connectivity index (χ4n) is 4.59. The molecule has 0 unspecified atom stereocenters. The number of hydrogen-bond donors (Lipinski definition) is 1. The van der Waals surface area contributed by atoms with Crippen molar-refractivity contribution in [3.05, 3.63) is 71.7 Å². The largest absolute Gasteiger partial charge is 0.469 e. The second-order valence-corrected chi connectivity index (χ2v) is 9.00. The molecular weight excluding hydrogens is 455 g/mol. The highest BCUT2D eigenvalue weighted by Gasteiger charge is 2.32. The van der Waals surface area contributed by atoms with Gasteiger partial charge in [-0.15, -0.1) is 0 Å². The third-order valence-electron chi connectivity index (χ3n) is 6.65. The molecule has 184 valence electrons. The summed E-state index contributed by atoms with van der Waals surface area (Å²) in [5, 5.41) is 3.03. The number of benzene rings is 1. The normalized spacial score (nSPS) is 18.2. The molecule has 1 N–H and O–H groups in total. The van der Waals surface area contributed by atoms with E-state index in [1.54, 1.807) is 12.3 Å². The van der Waals surface area contributed by atoms with Gasteiger partial charge in [-0.1, -0.05) is 24.3 Å². The molecule has 0 bridgehead atoms. The van der Waals surface area contributed by atoms with E-state index in [2.05, 4.69) is 39.6 Å². The van der Waals surface area contributed by atoms with Crippen molar-refractivity contribution >= 4 is 17.5 Å². The van der Waals surface area contributed by atoms with Crippen LogP contribution in [0.4, 0.5) is 24.7 Å². The molecule has 5 nitrogen and oxygen atoms in total. The Morgan fingerprint density at radius 3 is 2.26 bits per heavy atom. The van der Waals surface area contributed by atoms with Gasteiger partial charge in [-0.3, -0.25) is 4.79 Å². The Hall–Kier alpha value is -3.42. The van der Waals surface area contributed by atoms with Crippen LogP contribution >= 0.6 is 0 Å². The van der Waals surface area contributed by atoms with E-state index in [4.69, 9.17) is 4.74 Å². The summed E-state index contributed by atoms with van der Waals surface area (Å²) in [6.07, 6.45) is 1.99. The fourth-order valence-corrected chi connectivity index (χ4v) is 4.59. The summed E-state index contributed by atoms with van der Waals surface area (Å²) < 4.78 is 43.3. The van der Waals surface area contributed by atoms with E-state index in [9.17, 15) is 18.0 Å². The maximum absolute atomic E-state index is 12.8. The zero-order chi connectivity index (χ0) is 25.0. The highest BCUT2D eigenvalue weighted by atomic mass is 19.4. The monoisotopic (exact) mass is 483 g/mol. The average Bonchev–Trinajstić information content (AvgIpc) is 2.85. The second kappa shape index (κ2) is 10.5. The number of aromatic nitrogens is 2. The molecule has 35 heavy (non-hydrogen) atoms. The highest BCUT2D eigenvalue weighted by molar-refractivity contribution is 5.69. The smallest absolute Gasteiger partial charge is 0.433 e.